The number of nitrogen functional groups attached to an aromatic ring is 1. The number of rotatable bonds is 6. The molecule has 25 heavy (non-hydrogen) atoms. The first kappa shape index (κ1) is 18.5. The lowest BCUT2D eigenvalue weighted by molar-refractivity contribution is 0.0364. The second kappa shape index (κ2) is 7.17. The second-order valence-corrected chi connectivity index (χ2v) is 9.16. The molecule has 1 aliphatic rings. The van der Waals surface area contributed by atoms with Crippen LogP contribution < -0.4 is 5.73 Å². The molecule has 9 nitrogen and oxygen atoms in total. The van der Waals surface area contributed by atoms with Gasteiger partial charge in [0.15, 0.2) is 10.8 Å². The minimum Gasteiger partial charge on any atom is -0.368 e. The Morgan fingerprint density at radius 3 is 3.00 bits per heavy atom. The first-order valence-corrected chi connectivity index (χ1v) is 10.5. The second-order valence-electron chi connectivity index (χ2n) is 6.31. The summed E-state index contributed by atoms with van der Waals surface area (Å²) < 4.78 is 30.9. The van der Waals surface area contributed by atoms with Gasteiger partial charge in [-0.2, -0.15) is 9.97 Å². The van der Waals surface area contributed by atoms with Gasteiger partial charge in [-0.25, -0.2) is 4.98 Å². The summed E-state index contributed by atoms with van der Waals surface area (Å²) in [6.07, 6.45) is 1.58. The Morgan fingerprint density at radius 1 is 1.52 bits per heavy atom. The molecule has 0 radical (unpaired) electrons. The summed E-state index contributed by atoms with van der Waals surface area (Å²) in [5, 5.41) is 0.199. The van der Waals surface area contributed by atoms with Crippen LogP contribution in [-0.4, -0.2) is 51.3 Å². The van der Waals surface area contributed by atoms with Crippen LogP contribution in [0.25, 0.3) is 11.2 Å². The van der Waals surface area contributed by atoms with Gasteiger partial charge in [0.25, 0.3) is 0 Å². The van der Waals surface area contributed by atoms with Gasteiger partial charge in [0, 0.05) is 13.1 Å². The van der Waals surface area contributed by atoms with Crippen molar-refractivity contribution < 1.29 is 18.6 Å². The van der Waals surface area contributed by atoms with Crippen molar-refractivity contribution in [2.75, 3.05) is 25.4 Å². The van der Waals surface area contributed by atoms with Crippen LogP contribution in [0.15, 0.2) is 6.33 Å². The number of aromatic nitrogens is 4. The van der Waals surface area contributed by atoms with E-state index in [0.717, 1.165) is 0 Å². The van der Waals surface area contributed by atoms with Crippen LogP contribution in [0.5, 0.6) is 0 Å². The number of anilines is 1. The van der Waals surface area contributed by atoms with Crippen LogP contribution in [0.4, 0.5) is 5.95 Å². The molecule has 2 aromatic heterocycles. The highest BCUT2D eigenvalue weighted by molar-refractivity contribution is 7.57. The summed E-state index contributed by atoms with van der Waals surface area (Å²) in [6.45, 7) is 5.63. The molecule has 1 saturated heterocycles. The van der Waals surface area contributed by atoms with Crippen molar-refractivity contribution in [2.45, 2.75) is 38.7 Å². The molecule has 0 amide bonds. The fourth-order valence-electron chi connectivity index (χ4n) is 2.72. The number of imidazole rings is 1. The molecule has 0 spiro atoms. The first-order chi connectivity index (χ1) is 11.7. The van der Waals surface area contributed by atoms with Crippen LogP contribution in [0.2, 0.25) is 5.15 Å². The highest BCUT2D eigenvalue weighted by Crippen LogP contribution is 2.44. The van der Waals surface area contributed by atoms with E-state index in [4.69, 9.17) is 31.3 Å². The fraction of sp³-hybridized carbons (Fsp3) is 0.643. The van der Waals surface area contributed by atoms with Gasteiger partial charge in [-0.05, 0) is 13.8 Å². The summed E-state index contributed by atoms with van der Waals surface area (Å²) in [4.78, 5) is 12.3. The molecule has 0 aromatic carbocycles. The van der Waals surface area contributed by atoms with Crippen molar-refractivity contribution in [2.24, 2.45) is 0 Å². The molecule has 1 unspecified atom stereocenters. The summed E-state index contributed by atoms with van der Waals surface area (Å²) in [5.41, 5.74) is 6.63. The first-order valence-electron chi connectivity index (χ1n) is 7.89. The fourth-order valence-corrected chi connectivity index (χ4v) is 4.37. The third-order valence-electron chi connectivity index (χ3n) is 3.62. The molecule has 1 aliphatic heterocycles. The maximum absolute atomic E-state index is 12.3. The van der Waals surface area contributed by atoms with Crippen molar-refractivity contribution >= 4 is 36.1 Å². The smallest absolute Gasteiger partial charge is 0.225 e. The standard InChI is InChI=1S/C14H21ClN5O4P/c1-8(2)24-25(3,21)7-23-9-4-10(22-5-9)20-6-17-11-12(15)18-14(16)19-13(11)20/h6,8-10H,4-5,7H2,1-3H3,(H2,16,18,19)/t9-,10-,25?/m1/s1. The van der Waals surface area contributed by atoms with Crippen LogP contribution in [0.3, 0.4) is 0 Å². The van der Waals surface area contributed by atoms with Gasteiger partial charge in [0.05, 0.1) is 25.1 Å². The average Bonchev–Trinajstić information content (AvgIpc) is 3.10. The molecule has 3 rings (SSSR count). The Hall–Kier alpha value is -1.25. The lowest BCUT2D eigenvalue weighted by Gasteiger charge is -2.18. The lowest BCUT2D eigenvalue weighted by Crippen LogP contribution is -2.15. The number of nitrogens with zero attached hydrogens (tertiary/aromatic N) is 4. The van der Waals surface area contributed by atoms with Gasteiger partial charge in [-0.15, -0.1) is 0 Å². The Balaban J connectivity index is 1.66. The van der Waals surface area contributed by atoms with E-state index in [2.05, 4.69) is 15.0 Å². The molecule has 0 saturated carbocycles. The average molecular weight is 390 g/mol. The quantitative estimate of drug-likeness (QED) is 0.592. The van der Waals surface area contributed by atoms with E-state index in [1.807, 2.05) is 13.8 Å². The van der Waals surface area contributed by atoms with Crippen molar-refractivity contribution in [1.29, 1.82) is 0 Å². The van der Waals surface area contributed by atoms with E-state index < -0.39 is 7.37 Å². The van der Waals surface area contributed by atoms with E-state index in [1.54, 1.807) is 17.6 Å². The van der Waals surface area contributed by atoms with Crippen LogP contribution in [0.1, 0.15) is 26.5 Å². The van der Waals surface area contributed by atoms with Crippen LogP contribution in [-0.2, 0) is 18.6 Å². The number of hydrogen-bond donors (Lipinski definition) is 1. The predicted octanol–water partition coefficient (Wildman–Crippen LogP) is 2.66. The molecular weight excluding hydrogens is 369 g/mol. The highest BCUT2D eigenvalue weighted by atomic mass is 35.5. The Labute approximate surface area is 150 Å². The van der Waals surface area contributed by atoms with Gasteiger partial charge < -0.3 is 19.7 Å². The Morgan fingerprint density at radius 2 is 2.28 bits per heavy atom. The number of nitrogens with two attached hydrogens (primary N) is 1. The Kier molecular flexibility index (Phi) is 5.31. The van der Waals surface area contributed by atoms with Crippen molar-refractivity contribution in [3.63, 3.8) is 0 Å². The molecule has 1 fully saturated rings. The molecule has 0 aliphatic carbocycles. The van der Waals surface area contributed by atoms with Crippen molar-refractivity contribution in [3.05, 3.63) is 11.5 Å². The van der Waals surface area contributed by atoms with E-state index >= 15 is 0 Å². The molecule has 3 heterocycles. The zero-order valence-electron chi connectivity index (χ0n) is 14.3. The maximum atomic E-state index is 12.3. The van der Waals surface area contributed by atoms with E-state index in [0.29, 0.717) is 24.2 Å². The van der Waals surface area contributed by atoms with Crippen molar-refractivity contribution in [3.8, 4) is 0 Å². The third-order valence-corrected chi connectivity index (χ3v) is 5.37. The molecule has 2 N–H and O–H groups in total. The Bertz CT molecular complexity index is 814. The zero-order chi connectivity index (χ0) is 18.2. The van der Waals surface area contributed by atoms with Gasteiger partial charge in [0.2, 0.25) is 13.3 Å². The van der Waals surface area contributed by atoms with Crippen LogP contribution >= 0.6 is 19.0 Å². The van der Waals surface area contributed by atoms with Crippen molar-refractivity contribution in [1.82, 2.24) is 19.5 Å². The van der Waals surface area contributed by atoms with E-state index in [9.17, 15) is 4.57 Å². The van der Waals surface area contributed by atoms with E-state index in [1.165, 1.54) is 0 Å². The van der Waals surface area contributed by atoms with Gasteiger partial charge >= 0.3 is 0 Å². The van der Waals surface area contributed by atoms with Crippen LogP contribution in [0, 0.1) is 0 Å². The molecule has 0 bridgehead atoms. The summed E-state index contributed by atoms with van der Waals surface area (Å²) in [5.74, 6) is 0.0720. The number of halogens is 1. The molecule has 11 heteroatoms. The normalized spacial score (nSPS) is 23.4. The van der Waals surface area contributed by atoms with Gasteiger partial charge in [-0.1, -0.05) is 11.6 Å². The topological polar surface area (TPSA) is 114 Å². The largest absolute Gasteiger partial charge is 0.368 e. The SMILES string of the molecule is CC(C)OP(C)(=O)CO[C@H]1CO[C@@H](n2cnc3c(Cl)nc(N)nc32)C1. The molecule has 3 atom stereocenters. The van der Waals surface area contributed by atoms with E-state index in [-0.39, 0.29) is 35.9 Å². The minimum atomic E-state index is -2.78. The zero-order valence-corrected chi connectivity index (χ0v) is 15.9. The van der Waals surface area contributed by atoms with Gasteiger partial charge in [0.1, 0.15) is 18.1 Å². The monoisotopic (exact) mass is 389 g/mol. The molecule has 2 aromatic rings. The predicted molar refractivity (Wildman–Crippen MR) is 93.8 cm³/mol. The number of hydrogen-bond acceptors (Lipinski definition) is 8. The summed E-state index contributed by atoms with van der Waals surface area (Å²) in [6, 6.07) is 0. The summed E-state index contributed by atoms with van der Waals surface area (Å²) in [7, 11) is -2.78. The minimum absolute atomic E-state index is 0.0531. The lowest BCUT2D eigenvalue weighted by atomic mass is 10.3. The summed E-state index contributed by atoms with van der Waals surface area (Å²) >= 11 is 6.03. The molecule has 138 valence electrons. The van der Waals surface area contributed by atoms with Gasteiger partial charge in [-0.3, -0.25) is 9.13 Å². The maximum Gasteiger partial charge on any atom is 0.225 e. The number of ether oxygens (including phenoxy) is 2. The molecular formula is C14H21ClN5O4P. The highest BCUT2D eigenvalue weighted by Gasteiger charge is 2.31. The third kappa shape index (κ3) is 4.30. The number of fused-ring (bicyclic) bond motifs is 1.